The second-order valence-electron chi connectivity index (χ2n) is 4.19. The van der Waals surface area contributed by atoms with Gasteiger partial charge in [0.05, 0.1) is 38.7 Å². The monoisotopic (exact) mass is 267 g/mol. The Balaban J connectivity index is 2.20. The molecule has 2 N–H and O–H groups in total. The number of carbonyl (C=O) groups excluding carboxylic acids is 1. The highest BCUT2D eigenvalue weighted by Gasteiger charge is 2.23. The third kappa shape index (κ3) is 2.90. The molecule has 1 aliphatic rings. The number of esters is 1. The molecule has 0 radical (unpaired) electrons. The smallest absolute Gasteiger partial charge is 0.340 e. The maximum Gasteiger partial charge on any atom is 0.340 e. The minimum atomic E-state index is -0.478. The number of nitrogens with two attached hydrogens (primary N) is 1. The molecule has 1 saturated heterocycles. The van der Waals surface area contributed by atoms with E-state index in [2.05, 4.69) is 0 Å². The fourth-order valence-electron chi connectivity index (χ4n) is 1.89. The van der Waals surface area contributed by atoms with E-state index in [9.17, 15) is 4.79 Å². The lowest BCUT2D eigenvalue weighted by Gasteiger charge is -2.14. The van der Waals surface area contributed by atoms with Crippen LogP contribution < -0.4 is 15.2 Å². The van der Waals surface area contributed by atoms with Crippen LogP contribution in [0.2, 0.25) is 0 Å². The molecule has 6 heteroatoms. The Morgan fingerprint density at radius 1 is 1.32 bits per heavy atom. The summed E-state index contributed by atoms with van der Waals surface area (Å²) in [5, 5.41) is 0. The topological polar surface area (TPSA) is 80.0 Å². The lowest BCUT2D eigenvalue weighted by molar-refractivity contribution is 0.0271. The largest absolute Gasteiger partial charge is 0.493 e. The number of benzene rings is 1. The zero-order chi connectivity index (χ0) is 13.8. The van der Waals surface area contributed by atoms with Gasteiger partial charge in [0.2, 0.25) is 0 Å². The Morgan fingerprint density at radius 2 is 2.00 bits per heavy atom. The molecule has 2 rings (SSSR count). The molecular weight excluding hydrogens is 250 g/mol. The molecule has 19 heavy (non-hydrogen) atoms. The van der Waals surface area contributed by atoms with Crippen LogP contribution in [0.1, 0.15) is 16.8 Å². The number of hydrogen-bond acceptors (Lipinski definition) is 6. The van der Waals surface area contributed by atoms with Gasteiger partial charge >= 0.3 is 5.97 Å². The van der Waals surface area contributed by atoms with Crippen molar-refractivity contribution in [2.45, 2.75) is 12.5 Å². The van der Waals surface area contributed by atoms with Gasteiger partial charge in [-0.05, 0) is 0 Å². The van der Waals surface area contributed by atoms with Crippen molar-refractivity contribution >= 4 is 11.7 Å². The summed E-state index contributed by atoms with van der Waals surface area (Å²) >= 11 is 0. The lowest BCUT2D eigenvalue weighted by atomic mass is 10.1. The van der Waals surface area contributed by atoms with E-state index in [0.717, 1.165) is 0 Å². The van der Waals surface area contributed by atoms with Crippen molar-refractivity contribution in [2.24, 2.45) is 0 Å². The van der Waals surface area contributed by atoms with Crippen molar-refractivity contribution in [3.05, 3.63) is 17.7 Å². The summed E-state index contributed by atoms with van der Waals surface area (Å²) in [6, 6.07) is 3.06. The molecule has 0 amide bonds. The summed E-state index contributed by atoms with van der Waals surface area (Å²) in [5.74, 6) is 0.432. The molecule has 6 nitrogen and oxygen atoms in total. The normalized spacial score (nSPS) is 18.1. The van der Waals surface area contributed by atoms with E-state index in [-0.39, 0.29) is 11.7 Å². The minimum Gasteiger partial charge on any atom is -0.493 e. The molecule has 0 aromatic heterocycles. The van der Waals surface area contributed by atoms with Crippen LogP contribution in [-0.4, -0.2) is 39.5 Å². The second-order valence-corrected chi connectivity index (χ2v) is 4.19. The van der Waals surface area contributed by atoms with E-state index in [0.29, 0.717) is 36.8 Å². The van der Waals surface area contributed by atoms with E-state index in [1.165, 1.54) is 20.3 Å². The average molecular weight is 267 g/mol. The first-order chi connectivity index (χ1) is 9.15. The molecule has 0 saturated carbocycles. The lowest BCUT2D eigenvalue weighted by Crippen LogP contribution is -2.19. The molecule has 104 valence electrons. The van der Waals surface area contributed by atoms with E-state index in [1.54, 1.807) is 6.07 Å². The molecular formula is C13H17NO5. The third-order valence-electron chi connectivity index (χ3n) is 2.94. The zero-order valence-corrected chi connectivity index (χ0v) is 11.0. The number of hydrogen-bond donors (Lipinski definition) is 1. The van der Waals surface area contributed by atoms with Crippen LogP contribution >= 0.6 is 0 Å². The first kappa shape index (κ1) is 13.5. The zero-order valence-electron chi connectivity index (χ0n) is 11.0. The van der Waals surface area contributed by atoms with Gasteiger partial charge in [-0.2, -0.15) is 0 Å². The second kappa shape index (κ2) is 5.79. The van der Waals surface area contributed by atoms with Gasteiger partial charge in [0.15, 0.2) is 11.5 Å². The molecule has 1 aliphatic heterocycles. The van der Waals surface area contributed by atoms with Gasteiger partial charge in [-0.3, -0.25) is 0 Å². The molecule has 1 atom stereocenters. The SMILES string of the molecule is COc1cc(N)c(C(=O)OC2CCOC2)cc1OC. The molecule has 1 aromatic carbocycles. The van der Waals surface area contributed by atoms with Gasteiger partial charge in [0.25, 0.3) is 0 Å². The first-order valence-electron chi connectivity index (χ1n) is 5.96. The van der Waals surface area contributed by atoms with E-state index in [4.69, 9.17) is 24.7 Å². The van der Waals surface area contributed by atoms with Crippen LogP contribution in [0.5, 0.6) is 11.5 Å². The van der Waals surface area contributed by atoms with Crippen LogP contribution in [0.15, 0.2) is 12.1 Å². The fourth-order valence-corrected chi connectivity index (χ4v) is 1.89. The first-order valence-corrected chi connectivity index (χ1v) is 5.96. The van der Waals surface area contributed by atoms with Crippen LogP contribution in [0.3, 0.4) is 0 Å². The minimum absolute atomic E-state index is 0.208. The molecule has 0 spiro atoms. The molecule has 1 unspecified atom stereocenters. The van der Waals surface area contributed by atoms with Gasteiger partial charge < -0.3 is 24.7 Å². The van der Waals surface area contributed by atoms with E-state index in [1.807, 2.05) is 0 Å². The van der Waals surface area contributed by atoms with E-state index >= 15 is 0 Å². The summed E-state index contributed by atoms with van der Waals surface area (Å²) in [6.45, 7) is 1.04. The predicted molar refractivity (Wildman–Crippen MR) is 68.6 cm³/mol. The number of rotatable bonds is 4. The van der Waals surface area contributed by atoms with Crippen molar-refractivity contribution < 1.29 is 23.7 Å². The molecule has 0 bridgehead atoms. The third-order valence-corrected chi connectivity index (χ3v) is 2.94. The maximum atomic E-state index is 12.0. The highest BCUT2D eigenvalue weighted by atomic mass is 16.6. The Morgan fingerprint density at radius 3 is 2.58 bits per heavy atom. The summed E-state index contributed by atoms with van der Waals surface area (Å²) in [6.07, 6.45) is 0.499. The molecule has 1 heterocycles. The summed E-state index contributed by atoms with van der Waals surface area (Å²) < 4.78 is 20.7. The summed E-state index contributed by atoms with van der Waals surface area (Å²) in [4.78, 5) is 12.0. The van der Waals surface area contributed by atoms with Gasteiger partial charge in [-0.15, -0.1) is 0 Å². The van der Waals surface area contributed by atoms with E-state index < -0.39 is 5.97 Å². The Kier molecular flexibility index (Phi) is 4.11. The maximum absolute atomic E-state index is 12.0. The van der Waals surface area contributed by atoms with Crippen LogP contribution in [0, 0.1) is 0 Å². The van der Waals surface area contributed by atoms with Gasteiger partial charge in [-0.25, -0.2) is 4.79 Å². The summed E-state index contributed by atoms with van der Waals surface area (Å²) in [7, 11) is 3.00. The number of carbonyl (C=O) groups is 1. The Bertz CT molecular complexity index is 468. The number of nitrogen functional groups attached to an aromatic ring is 1. The Hall–Kier alpha value is -1.95. The van der Waals surface area contributed by atoms with Crippen molar-refractivity contribution in [3.8, 4) is 11.5 Å². The average Bonchev–Trinajstić information content (AvgIpc) is 2.90. The predicted octanol–water partition coefficient (Wildman–Crippen LogP) is 1.23. The molecule has 1 aromatic rings. The number of anilines is 1. The van der Waals surface area contributed by atoms with Crippen molar-refractivity contribution in [2.75, 3.05) is 33.2 Å². The van der Waals surface area contributed by atoms with Crippen molar-refractivity contribution in [1.29, 1.82) is 0 Å². The van der Waals surface area contributed by atoms with Gasteiger partial charge in [0.1, 0.15) is 6.10 Å². The molecule has 1 fully saturated rings. The van der Waals surface area contributed by atoms with Crippen molar-refractivity contribution in [3.63, 3.8) is 0 Å². The molecule has 0 aliphatic carbocycles. The van der Waals surface area contributed by atoms with Gasteiger partial charge in [0, 0.05) is 18.6 Å². The number of ether oxygens (including phenoxy) is 4. The number of methoxy groups -OCH3 is 2. The van der Waals surface area contributed by atoms with Crippen LogP contribution in [0.4, 0.5) is 5.69 Å². The fraction of sp³-hybridized carbons (Fsp3) is 0.462. The summed E-state index contributed by atoms with van der Waals surface area (Å²) in [5.41, 5.74) is 6.39. The van der Waals surface area contributed by atoms with Crippen LogP contribution in [-0.2, 0) is 9.47 Å². The quantitative estimate of drug-likeness (QED) is 0.653. The van der Waals surface area contributed by atoms with Crippen molar-refractivity contribution in [1.82, 2.24) is 0 Å². The highest BCUT2D eigenvalue weighted by Crippen LogP contribution is 2.32. The Labute approximate surface area is 111 Å². The highest BCUT2D eigenvalue weighted by molar-refractivity contribution is 5.96. The van der Waals surface area contributed by atoms with Crippen LogP contribution in [0.25, 0.3) is 0 Å². The standard InChI is InChI=1S/C13H17NO5/c1-16-11-5-9(10(14)6-12(11)17-2)13(15)19-8-3-4-18-7-8/h5-6,8H,3-4,7,14H2,1-2H3. The van der Waals surface area contributed by atoms with Gasteiger partial charge in [-0.1, -0.05) is 0 Å².